The average molecular weight is 479 g/mol. The van der Waals surface area contributed by atoms with Gasteiger partial charge in [-0.1, -0.05) is 24.3 Å². The number of anilines is 1. The molecule has 2 fully saturated rings. The Morgan fingerprint density at radius 2 is 1.80 bits per heavy atom. The minimum atomic E-state index is -0.179. The van der Waals surface area contributed by atoms with Crippen LogP contribution in [0.4, 0.5) is 5.95 Å². The Balaban J connectivity index is 1.41. The predicted octanol–water partition coefficient (Wildman–Crippen LogP) is 3.38. The maximum absolute atomic E-state index is 10.0. The fourth-order valence-corrected chi connectivity index (χ4v) is 5.28. The smallest absolute Gasteiger partial charge is 0.224 e. The van der Waals surface area contributed by atoms with Gasteiger partial charge in [0.25, 0.3) is 0 Å². The number of likely N-dealkylation sites (N-methyl/N-ethyl adjacent to an activating group) is 1. The molecule has 0 unspecified atom stereocenters. The third-order valence-electron chi connectivity index (χ3n) is 7.49. The van der Waals surface area contributed by atoms with E-state index in [0.717, 1.165) is 69.4 Å². The number of benzene rings is 1. The molecule has 0 atom stereocenters. The fourth-order valence-electron chi connectivity index (χ4n) is 5.28. The Morgan fingerprint density at radius 1 is 1.06 bits per heavy atom. The standard InChI is InChI=1S/C27H38N6O2/c1-31-12-14-32(15-13-31)18-20-3-5-21(6-4-20)25-19-33(22-7-9-23(34)10-8-22)26-24(25)17-29-27(30-26)28-11-16-35-2/h3-6,17,19,22-23,34H,7-16,18H2,1-2H3,(H,28,29,30)/t22-,23-. The summed E-state index contributed by atoms with van der Waals surface area (Å²) >= 11 is 0. The van der Waals surface area contributed by atoms with Crippen molar-refractivity contribution in [2.24, 2.45) is 0 Å². The van der Waals surface area contributed by atoms with Crippen molar-refractivity contribution in [1.82, 2.24) is 24.3 Å². The highest BCUT2D eigenvalue weighted by Gasteiger charge is 2.24. The van der Waals surface area contributed by atoms with Gasteiger partial charge in [-0.2, -0.15) is 4.98 Å². The average Bonchev–Trinajstić information content (AvgIpc) is 3.25. The third-order valence-corrected chi connectivity index (χ3v) is 7.49. The molecule has 2 aromatic heterocycles. The second kappa shape index (κ2) is 11.0. The molecule has 0 amide bonds. The number of methoxy groups -OCH3 is 1. The Hall–Kier alpha value is -2.52. The van der Waals surface area contributed by atoms with Gasteiger partial charge in [0.2, 0.25) is 5.95 Å². The first-order chi connectivity index (χ1) is 17.1. The Bertz CT molecular complexity index is 1100. The van der Waals surface area contributed by atoms with Crippen molar-refractivity contribution in [1.29, 1.82) is 0 Å². The first-order valence-corrected chi connectivity index (χ1v) is 12.9. The third kappa shape index (κ3) is 5.67. The molecule has 8 nitrogen and oxygen atoms in total. The topological polar surface area (TPSA) is 78.7 Å². The van der Waals surface area contributed by atoms with Gasteiger partial charge >= 0.3 is 0 Å². The lowest BCUT2D eigenvalue weighted by Gasteiger charge is -2.32. The summed E-state index contributed by atoms with van der Waals surface area (Å²) < 4.78 is 7.47. The van der Waals surface area contributed by atoms with E-state index in [1.807, 2.05) is 6.20 Å². The quantitative estimate of drug-likeness (QED) is 0.481. The first-order valence-electron chi connectivity index (χ1n) is 12.9. The van der Waals surface area contributed by atoms with Gasteiger partial charge in [0, 0.05) is 75.8 Å². The van der Waals surface area contributed by atoms with Crippen LogP contribution in [0.2, 0.25) is 0 Å². The van der Waals surface area contributed by atoms with Gasteiger partial charge < -0.3 is 24.6 Å². The van der Waals surface area contributed by atoms with E-state index in [1.54, 1.807) is 7.11 Å². The molecule has 2 N–H and O–H groups in total. The zero-order valence-corrected chi connectivity index (χ0v) is 21.0. The summed E-state index contributed by atoms with van der Waals surface area (Å²) in [5.74, 6) is 0.624. The van der Waals surface area contributed by atoms with E-state index in [-0.39, 0.29) is 6.10 Å². The van der Waals surface area contributed by atoms with Crippen LogP contribution in [0, 0.1) is 0 Å². The van der Waals surface area contributed by atoms with Crippen molar-refractivity contribution in [2.45, 2.75) is 44.4 Å². The second-order valence-corrected chi connectivity index (χ2v) is 10.0. The van der Waals surface area contributed by atoms with Gasteiger partial charge in [-0.15, -0.1) is 0 Å². The lowest BCUT2D eigenvalue weighted by atomic mass is 9.93. The minimum Gasteiger partial charge on any atom is -0.393 e. The normalized spacial score (nSPS) is 22.0. The SMILES string of the molecule is COCCNc1ncc2c(-c3ccc(CN4CCN(C)CC4)cc3)cn([C@H]3CC[C@H](O)CC3)c2n1. The molecular weight excluding hydrogens is 440 g/mol. The number of hydrogen-bond acceptors (Lipinski definition) is 7. The molecule has 0 bridgehead atoms. The summed E-state index contributed by atoms with van der Waals surface area (Å²) in [5, 5.41) is 14.4. The predicted molar refractivity (Wildman–Crippen MR) is 140 cm³/mol. The zero-order chi connectivity index (χ0) is 24.2. The van der Waals surface area contributed by atoms with Gasteiger partial charge in [-0.05, 0) is 43.9 Å². The number of fused-ring (bicyclic) bond motifs is 1. The largest absolute Gasteiger partial charge is 0.393 e. The minimum absolute atomic E-state index is 0.179. The number of aliphatic hydroxyl groups excluding tert-OH is 1. The molecule has 1 saturated heterocycles. The number of ether oxygens (including phenoxy) is 1. The maximum atomic E-state index is 10.0. The van der Waals surface area contributed by atoms with Crippen LogP contribution in [-0.4, -0.2) is 89.0 Å². The molecule has 1 aliphatic heterocycles. The van der Waals surface area contributed by atoms with Crippen molar-refractivity contribution in [3.8, 4) is 11.1 Å². The highest BCUT2D eigenvalue weighted by atomic mass is 16.5. The Labute approximate surface area is 207 Å². The summed E-state index contributed by atoms with van der Waals surface area (Å²) in [6, 6.07) is 9.33. The van der Waals surface area contributed by atoms with Crippen LogP contribution in [0.15, 0.2) is 36.7 Å². The Morgan fingerprint density at radius 3 is 2.51 bits per heavy atom. The maximum Gasteiger partial charge on any atom is 0.224 e. The number of rotatable bonds is 8. The molecule has 0 radical (unpaired) electrons. The van der Waals surface area contributed by atoms with Gasteiger partial charge in [0.1, 0.15) is 5.65 Å². The summed E-state index contributed by atoms with van der Waals surface area (Å²) in [7, 11) is 3.89. The molecule has 1 aliphatic carbocycles. The van der Waals surface area contributed by atoms with E-state index in [2.05, 4.69) is 62.2 Å². The van der Waals surface area contributed by atoms with E-state index in [4.69, 9.17) is 9.72 Å². The van der Waals surface area contributed by atoms with Crippen molar-refractivity contribution in [3.05, 3.63) is 42.2 Å². The summed E-state index contributed by atoms with van der Waals surface area (Å²) in [6.45, 7) is 6.80. The van der Waals surface area contributed by atoms with Gasteiger partial charge in [0.15, 0.2) is 0 Å². The zero-order valence-electron chi connectivity index (χ0n) is 21.0. The van der Waals surface area contributed by atoms with Crippen LogP contribution >= 0.6 is 0 Å². The van der Waals surface area contributed by atoms with E-state index in [0.29, 0.717) is 25.1 Å². The molecule has 1 aromatic carbocycles. The highest BCUT2D eigenvalue weighted by molar-refractivity contribution is 5.94. The fraction of sp³-hybridized carbons (Fsp3) is 0.556. The molecule has 5 rings (SSSR count). The van der Waals surface area contributed by atoms with Gasteiger partial charge in [-0.3, -0.25) is 4.90 Å². The molecule has 2 aliphatic rings. The van der Waals surface area contributed by atoms with Crippen LogP contribution in [0.25, 0.3) is 22.2 Å². The molecule has 8 heteroatoms. The molecule has 3 heterocycles. The number of nitrogens with zero attached hydrogens (tertiary/aromatic N) is 5. The Kier molecular flexibility index (Phi) is 7.63. The molecule has 0 spiro atoms. The second-order valence-electron chi connectivity index (χ2n) is 10.0. The number of aromatic nitrogens is 3. The monoisotopic (exact) mass is 478 g/mol. The van der Waals surface area contributed by atoms with Gasteiger partial charge in [0.05, 0.1) is 12.7 Å². The lowest BCUT2D eigenvalue weighted by molar-refractivity contribution is 0.111. The number of aliphatic hydroxyl groups is 1. The van der Waals surface area contributed by atoms with Crippen LogP contribution in [0.3, 0.4) is 0 Å². The van der Waals surface area contributed by atoms with E-state index < -0.39 is 0 Å². The number of nitrogens with one attached hydrogen (secondary N) is 1. The van der Waals surface area contributed by atoms with E-state index >= 15 is 0 Å². The molecule has 188 valence electrons. The number of hydrogen-bond donors (Lipinski definition) is 2. The van der Waals surface area contributed by atoms with Crippen molar-refractivity contribution in [3.63, 3.8) is 0 Å². The number of piperazine rings is 1. The summed E-state index contributed by atoms with van der Waals surface area (Å²) in [5.41, 5.74) is 4.66. The van der Waals surface area contributed by atoms with Crippen LogP contribution < -0.4 is 5.32 Å². The van der Waals surface area contributed by atoms with Crippen LogP contribution in [0.1, 0.15) is 37.3 Å². The first kappa shape index (κ1) is 24.2. The van der Waals surface area contributed by atoms with E-state index in [9.17, 15) is 5.11 Å². The van der Waals surface area contributed by atoms with Gasteiger partial charge in [-0.25, -0.2) is 4.98 Å². The lowest BCUT2D eigenvalue weighted by Crippen LogP contribution is -2.43. The molecule has 3 aromatic rings. The molecule has 35 heavy (non-hydrogen) atoms. The highest BCUT2D eigenvalue weighted by Crippen LogP contribution is 2.36. The molecule has 1 saturated carbocycles. The van der Waals surface area contributed by atoms with Crippen LogP contribution in [-0.2, 0) is 11.3 Å². The summed E-state index contributed by atoms with van der Waals surface area (Å²) in [6.07, 6.45) is 7.61. The van der Waals surface area contributed by atoms with Crippen molar-refractivity contribution < 1.29 is 9.84 Å². The summed E-state index contributed by atoms with van der Waals surface area (Å²) in [4.78, 5) is 14.4. The van der Waals surface area contributed by atoms with Crippen molar-refractivity contribution in [2.75, 3.05) is 58.8 Å². The van der Waals surface area contributed by atoms with Crippen molar-refractivity contribution >= 4 is 17.0 Å². The molecular formula is C27H38N6O2. The van der Waals surface area contributed by atoms with Crippen LogP contribution in [0.5, 0.6) is 0 Å². The van der Waals surface area contributed by atoms with E-state index in [1.165, 1.54) is 16.7 Å².